The molecule has 3 rings (SSSR count). The lowest BCUT2D eigenvalue weighted by atomic mass is 10.1. The van der Waals surface area contributed by atoms with E-state index in [0.29, 0.717) is 12.1 Å². The highest BCUT2D eigenvalue weighted by molar-refractivity contribution is 6.01. The first kappa shape index (κ1) is 16.7. The number of hydrogen-bond acceptors (Lipinski definition) is 3. The number of urea groups is 1. The monoisotopic (exact) mass is 337 g/mol. The van der Waals surface area contributed by atoms with E-state index in [1.807, 2.05) is 30.3 Å². The zero-order chi connectivity index (χ0) is 17.6. The smallest absolute Gasteiger partial charge is 0.324 e. The fourth-order valence-corrected chi connectivity index (χ4v) is 2.63. The minimum Gasteiger partial charge on any atom is -0.352 e. The standard InChI is InChI=1S/C19H19N3O3/c23-17-12-21-19(25)22(17)13-15-6-8-16(9-7-15)18(24)20-11-10-14-4-2-1-3-5-14/h1-9H,10-13H2,(H,20,24)(H,21,25). The Bertz CT molecular complexity index is 756. The lowest BCUT2D eigenvalue weighted by Gasteiger charge is -2.12. The zero-order valence-electron chi connectivity index (χ0n) is 13.7. The Labute approximate surface area is 145 Å². The van der Waals surface area contributed by atoms with Crippen molar-refractivity contribution in [1.82, 2.24) is 15.5 Å². The van der Waals surface area contributed by atoms with Gasteiger partial charge in [0.15, 0.2) is 0 Å². The number of rotatable bonds is 6. The minimum absolute atomic E-state index is 0.0424. The fourth-order valence-electron chi connectivity index (χ4n) is 2.63. The topological polar surface area (TPSA) is 78.5 Å². The van der Waals surface area contributed by atoms with Gasteiger partial charge in [-0.25, -0.2) is 4.79 Å². The summed E-state index contributed by atoms with van der Waals surface area (Å²) in [6, 6.07) is 16.5. The third kappa shape index (κ3) is 4.23. The van der Waals surface area contributed by atoms with Crippen molar-refractivity contribution >= 4 is 17.8 Å². The van der Waals surface area contributed by atoms with Crippen molar-refractivity contribution in [2.75, 3.05) is 13.1 Å². The maximum atomic E-state index is 12.2. The van der Waals surface area contributed by atoms with E-state index in [9.17, 15) is 14.4 Å². The normalized spacial score (nSPS) is 13.7. The summed E-state index contributed by atoms with van der Waals surface area (Å²) in [4.78, 5) is 36.4. The molecule has 4 amide bonds. The minimum atomic E-state index is -0.382. The molecule has 0 aromatic heterocycles. The first-order valence-corrected chi connectivity index (χ1v) is 8.13. The number of carbonyl (C=O) groups is 3. The van der Waals surface area contributed by atoms with Crippen LogP contribution in [0.1, 0.15) is 21.5 Å². The molecule has 1 fully saturated rings. The predicted octanol–water partition coefficient (Wildman–Crippen LogP) is 1.71. The molecule has 0 bridgehead atoms. The average Bonchev–Trinajstić information content (AvgIpc) is 2.95. The maximum Gasteiger partial charge on any atom is 0.324 e. The average molecular weight is 337 g/mol. The molecule has 0 atom stereocenters. The van der Waals surface area contributed by atoms with Crippen LogP contribution in [0.3, 0.4) is 0 Å². The van der Waals surface area contributed by atoms with Crippen LogP contribution in [0, 0.1) is 0 Å². The van der Waals surface area contributed by atoms with Gasteiger partial charge in [0.25, 0.3) is 5.91 Å². The SMILES string of the molecule is O=C(NCCc1ccccc1)c1ccc(CN2C(=O)CNC2=O)cc1. The van der Waals surface area contributed by atoms with E-state index >= 15 is 0 Å². The van der Waals surface area contributed by atoms with Gasteiger partial charge < -0.3 is 10.6 Å². The van der Waals surface area contributed by atoms with E-state index in [0.717, 1.165) is 16.9 Å². The van der Waals surface area contributed by atoms with Gasteiger partial charge in [0.2, 0.25) is 5.91 Å². The second-order valence-corrected chi connectivity index (χ2v) is 5.83. The van der Waals surface area contributed by atoms with Crippen LogP contribution < -0.4 is 10.6 Å². The van der Waals surface area contributed by atoms with E-state index < -0.39 is 0 Å². The third-order valence-electron chi connectivity index (χ3n) is 4.04. The van der Waals surface area contributed by atoms with Crippen LogP contribution in [0.15, 0.2) is 54.6 Å². The number of amides is 4. The van der Waals surface area contributed by atoms with E-state index in [4.69, 9.17) is 0 Å². The zero-order valence-corrected chi connectivity index (χ0v) is 13.7. The molecular weight excluding hydrogens is 318 g/mol. The number of imide groups is 1. The molecule has 1 aliphatic heterocycles. The lowest BCUT2D eigenvalue weighted by Crippen LogP contribution is -2.30. The summed E-state index contributed by atoms with van der Waals surface area (Å²) in [6.45, 7) is 0.814. The molecule has 1 aliphatic rings. The van der Waals surface area contributed by atoms with Crippen LogP contribution in [-0.4, -0.2) is 35.8 Å². The molecule has 6 nitrogen and oxygen atoms in total. The molecule has 0 spiro atoms. The highest BCUT2D eigenvalue weighted by Crippen LogP contribution is 2.10. The Hall–Kier alpha value is -3.15. The van der Waals surface area contributed by atoms with Gasteiger partial charge in [-0.05, 0) is 29.7 Å². The molecular formula is C19H19N3O3. The molecule has 2 aromatic carbocycles. The Balaban J connectivity index is 1.52. The van der Waals surface area contributed by atoms with Crippen molar-refractivity contribution in [3.05, 3.63) is 71.3 Å². The van der Waals surface area contributed by atoms with Crippen LogP contribution in [-0.2, 0) is 17.8 Å². The molecule has 2 aromatic rings. The molecule has 0 unspecified atom stereocenters. The number of carbonyl (C=O) groups excluding carboxylic acids is 3. The van der Waals surface area contributed by atoms with Crippen molar-refractivity contribution in [3.8, 4) is 0 Å². The van der Waals surface area contributed by atoms with Gasteiger partial charge in [0.05, 0.1) is 13.1 Å². The Morgan fingerprint density at radius 2 is 1.72 bits per heavy atom. The van der Waals surface area contributed by atoms with Gasteiger partial charge >= 0.3 is 6.03 Å². The fraction of sp³-hybridized carbons (Fsp3) is 0.211. The summed E-state index contributed by atoms with van der Waals surface area (Å²) < 4.78 is 0. The summed E-state index contributed by atoms with van der Waals surface area (Å²) >= 11 is 0. The molecule has 0 radical (unpaired) electrons. The van der Waals surface area contributed by atoms with E-state index in [-0.39, 0.29) is 30.9 Å². The van der Waals surface area contributed by atoms with Gasteiger partial charge in [-0.2, -0.15) is 0 Å². The van der Waals surface area contributed by atoms with Crippen LogP contribution in [0.25, 0.3) is 0 Å². The lowest BCUT2D eigenvalue weighted by molar-refractivity contribution is -0.125. The van der Waals surface area contributed by atoms with Crippen LogP contribution in [0.2, 0.25) is 0 Å². The number of hydrogen-bond donors (Lipinski definition) is 2. The van der Waals surface area contributed by atoms with Crippen molar-refractivity contribution in [3.63, 3.8) is 0 Å². The molecule has 25 heavy (non-hydrogen) atoms. The van der Waals surface area contributed by atoms with E-state index in [2.05, 4.69) is 10.6 Å². The summed E-state index contributed by atoms with van der Waals surface area (Å²) in [6.07, 6.45) is 0.775. The Kier molecular flexibility index (Phi) is 5.09. The Morgan fingerprint density at radius 1 is 1.00 bits per heavy atom. The molecule has 1 saturated heterocycles. The highest BCUT2D eigenvalue weighted by Gasteiger charge is 2.28. The molecule has 128 valence electrons. The van der Waals surface area contributed by atoms with Crippen LogP contribution in [0.5, 0.6) is 0 Å². The van der Waals surface area contributed by atoms with Crippen molar-refractivity contribution < 1.29 is 14.4 Å². The first-order valence-electron chi connectivity index (χ1n) is 8.13. The summed E-state index contributed by atoms with van der Waals surface area (Å²) in [5.74, 6) is -0.384. The first-order chi connectivity index (χ1) is 12.1. The van der Waals surface area contributed by atoms with Crippen LogP contribution >= 0.6 is 0 Å². The number of nitrogens with zero attached hydrogens (tertiary/aromatic N) is 1. The number of nitrogens with one attached hydrogen (secondary N) is 2. The van der Waals surface area contributed by atoms with E-state index in [1.54, 1.807) is 24.3 Å². The van der Waals surface area contributed by atoms with Crippen molar-refractivity contribution in [2.24, 2.45) is 0 Å². The third-order valence-corrected chi connectivity index (χ3v) is 4.04. The molecule has 0 aliphatic carbocycles. The summed E-state index contributed by atoms with van der Waals surface area (Å²) in [7, 11) is 0. The van der Waals surface area contributed by atoms with Gasteiger partial charge in [-0.15, -0.1) is 0 Å². The van der Waals surface area contributed by atoms with Gasteiger partial charge in [-0.3, -0.25) is 14.5 Å². The van der Waals surface area contributed by atoms with Crippen LogP contribution in [0.4, 0.5) is 4.79 Å². The molecule has 1 heterocycles. The second-order valence-electron chi connectivity index (χ2n) is 5.83. The predicted molar refractivity (Wildman–Crippen MR) is 92.9 cm³/mol. The van der Waals surface area contributed by atoms with Crippen molar-refractivity contribution in [2.45, 2.75) is 13.0 Å². The van der Waals surface area contributed by atoms with Gasteiger partial charge in [-0.1, -0.05) is 42.5 Å². The molecule has 2 N–H and O–H groups in total. The quantitative estimate of drug-likeness (QED) is 0.788. The highest BCUT2D eigenvalue weighted by atomic mass is 16.2. The largest absolute Gasteiger partial charge is 0.352 e. The molecule has 0 saturated carbocycles. The maximum absolute atomic E-state index is 12.2. The van der Waals surface area contributed by atoms with E-state index in [1.165, 1.54) is 5.56 Å². The summed E-state index contributed by atoms with van der Waals surface area (Å²) in [5.41, 5.74) is 2.52. The second kappa shape index (κ2) is 7.61. The number of benzene rings is 2. The van der Waals surface area contributed by atoms with Gasteiger partial charge in [0.1, 0.15) is 0 Å². The molecule has 6 heteroatoms. The van der Waals surface area contributed by atoms with Gasteiger partial charge in [0, 0.05) is 12.1 Å². The Morgan fingerprint density at radius 3 is 2.36 bits per heavy atom. The van der Waals surface area contributed by atoms with Crippen molar-refractivity contribution in [1.29, 1.82) is 0 Å². The summed E-state index contributed by atoms with van der Waals surface area (Å²) in [5, 5.41) is 5.37.